The van der Waals surface area contributed by atoms with Crippen LogP contribution < -0.4 is 0 Å². The highest BCUT2D eigenvalue weighted by Gasteiger charge is 2.42. The van der Waals surface area contributed by atoms with E-state index in [0.717, 1.165) is 4.90 Å². The van der Waals surface area contributed by atoms with E-state index in [4.69, 9.17) is 4.74 Å². The average molecular weight is 576 g/mol. The normalized spacial score (nSPS) is 21.4. The van der Waals surface area contributed by atoms with Crippen LogP contribution in [0, 0.1) is 18.7 Å². The van der Waals surface area contributed by atoms with Crippen LogP contribution in [0.25, 0.3) is 0 Å². The molecule has 0 aliphatic carbocycles. The van der Waals surface area contributed by atoms with Crippen molar-refractivity contribution in [3.8, 4) is 0 Å². The first kappa shape index (κ1) is 29.6. The smallest absolute Gasteiger partial charge is 0.424 e. The van der Waals surface area contributed by atoms with Crippen LogP contribution >= 0.6 is 0 Å². The molecular weight excluding hydrogens is 547 g/mol. The van der Waals surface area contributed by atoms with Crippen LogP contribution in [0.15, 0.2) is 36.4 Å². The second-order valence-corrected chi connectivity index (χ2v) is 10.1. The van der Waals surface area contributed by atoms with Crippen molar-refractivity contribution in [3.63, 3.8) is 0 Å². The third kappa shape index (κ3) is 6.03. The Bertz CT molecular complexity index is 1250. The molecule has 0 spiro atoms. The van der Waals surface area contributed by atoms with Crippen molar-refractivity contribution in [1.29, 1.82) is 0 Å². The van der Waals surface area contributed by atoms with Gasteiger partial charge >= 0.3 is 18.4 Å². The number of carbonyl (C=O) groups is 2. The van der Waals surface area contributed by atoms with Gasteiger partial charge in [-0.15, -0.1) is 0 Å². The quantitative estimate of drug-likeness (QED) is 0.401. The molecule has 2 heterocycles. The van der Waals surface area contributed by atoms with Crippen LogP contribution in [-0.4, -0.2) is 60.2 Å². The van der Waals surface area contributed by atoms with Crippen molar-refractivity contribution in [1.82, 2.24) is 14.9 Å². The van der Waals surface area contributed by atoms with Crippen LogP contribution in [0.2, 0.25) is 0 Å². The number of hydrogen-bond donors (Lipinski definition) is 0. The maximum absolute atomic E-state index is 13.9. The van der Waals surface area contributed by atoms with Gasteiger partial charge in [0.2, 0.25) is 5.91 Å². The number of amides is 2. The molecule has 0 N–H and O–H groups in total. The number of hydrogen-bond acceptors (Lipinski definition) is 4. The van der Waals surface area contributed by atoms with Gasteiger partial charge in [0, 0.05) is 32.0 Å². The number of hydrazine groups is 1. The molecule has 0 unspecified atom stereocenters. The molecule has 0 bridgehead atoms. The summed E-state index contributed by atoms with van der Waals surface area (Å²) in [5.41, 5.74) is -2.02. The fourth-order valence-corrected chi connectivity index (χ4v) is 5.36. The minimum absolute atomic E-state index is 0.0461. The molecule has 0 aromatic heterocycles. The van der Waals surface area contributed by atoms with Gasteiger partial charge in [-0.1, -0.05) is 6.07 Å². The first-order valence-electron chi connectivity index (χ1n) is 12.6. The molecule has 6 nitrogen and oxygen atoms in total. The Labute approximate surface area is 226 Å². The SMILES string of the molecule is Cc1cc(F)ccc1[C@H]1CN(N2CCOC2=O)CC[C@@H]1C(=O)N(C)[C@@H](C)c1cc(C(F)(F)F)cc(C(F)(F)F)c1. The lowest BCUT2D eigenvalue weighted by atomic mass is 9.78. The predicted molar refractivity (Wildman–Crippen MR) is 129 cm³/mol. The molecule has 4 rings (SSSR count). The largest absolute Gasteiger partial charge is 0.447 e. The van der Waals surface area contributed by atoms with E-state index in [1.165, 1.54) is 31.1 Å². The first-order chi connectivity index (χ1) is 18.6. The van der Waals surface area contributed by atoms with Gasteiger partial charge in [0.1, 0.15) is 12.4 Å². The van der Waals surface area contributed by atoms with E-state index in [9.17, 15) is 40.3 Å². The monoisotopic (exact) mass is 575 g/mol. The van der Waals surface area contributed by atoms with Gasteiger partial charge in [0.25, 0.3) is 0 Å². The third-order valence-electron chi connectivity index (χ3n) is 7.64. The zero-order chi connectivity index (χ0) is 29.6. The van der Waals surface area contributed by atoms with E-state index in [0.29, 0.717) is 29.8 Å². The van der Waals surface area contributed by atoms with Crippen molar-refractivity contribution >= 4 is 12.0 Å². The summed E-state index contributed by atoms with van der Waals surface area (Å²) in [6, 6.07) is 4.27. The summed E-state index contributed by atoms with van der Waals surface area (Å²) in [5, 5.41) is 3.18. The molecule has 2 aliphatic rings. The zero-order valence-corrected chi connectivity index (χ0v) is 21.9. The van der Waals surface area contributed by atoms with Crippen LogP contribution in [0.5, 0.6) is 0 Å². The number of benzene rings is 2. The highest BCUT2D eigenvalue weighted by molar-refractivity contribution is 5.80. The summed E-state index contributed by atoms with van der Waals surface area (Å²) in [5.74, 6) is -2.25. The molecule has 2 amide bonds. The van der Waals surface area contributed by atoms with Crippen molar-refractivity contribution < 1.29 is 45.1 Å². The van der Waals surface area contributed by atoms with Crippen LogP contribution in [-0.2, 0) is 21.9 Å². The van der Waals surface area contributed by atoms with E-state index in [1.54, 1.807) is 18.0 Å². The molecule has 0 radical (unpaired) electrons. The number of carbonyl (C=O) groups excluding carboxylic acids is 2. The lowest BCUT2D eigenvalue weighted by Gasteiger charge is -2.43. The number of halogens is 7. The van der Waals surface area contributed by atoms with Gasteiger partial charge in [0.15, 0.2) is 0 Å². The minimum Gasteiger partial charge on any atom is -0.447 e. The second-order valence-electron chi connectivity index (χ2n) is 10.1. The average Bonchev–Trinajstić information content (AvgIpc) is 3.31. The number of nitrogens with zero attached hydrogens (tertiary/aromatic N) is 3. The van der Waals surface area contributed by atoms with E-state index in [2.05, 4.69) is 0 Å². The van der Waals surface area contributed by atoms with Crippen LogP contribution in [0.3, 0.4) is 0 Å². The molecule has 2 fully saturated rings. The fraction of sp³-hybridized carbons (Fsp3) is 0.481. The third-order valence-corrected chi connectivity index (χ3v) is 7.64. The molecular formula is C27H28F7N3O3. The summed E-state index contributed by atoms with van der Waals surface area (Å²) in [6.07, 6.45) is -10.3. The number of cyclic esters (lactones) is 1. The van der Waals surface area contributed by atoms with Gasteiger partial charge in [0.05, 0.1) is 23.7 Å². The van der Waals surface area contributed by atoms with Gasteiger partial charge in [-0.05, 0) is 67.3 Å². The maximum atomic E-state index is 13.9. The van der Waals surface area contributed by atoms with E-state index in [1.807, 2.05) is 0 Å². The summed E-state index contributed by atoms with van der Waals surface area (Å²) < 4.78 is 99.5. The van der Waals surface area contributed by atoms with Crippen molar-refractivity contribution in [2.75, 3.05) is 33.3 Å². The van der Waals surface area contributed by atoms with E-state index >= 15 is 0 Å². The number of alkyl halides is 6. The fourth-order valence-electron chi connectivity index (χ4n) is 5.36. The highest BCUT2D eigenvalue weighted by atomic mass is 19.4. The number of rotatable bonds is 5. The lowest BCUT2D eigenvalue weighted by molar-refractivity contribution is -0.143. The molecule has 218 valence electrons. The van der Waals surface area contributed by atoms with Gasteiger partial charge < -0.3 is 9.64 Å². The molecule has 2 aliphatic heterocycles. The van der Waals surface area contributed by atoms with Gasteiger partial charge in [-0.2, -0.15) is 26.3 Å². The summed E-state index contributed by atoms with van der Waals surface area (Å²) in [6.45, 7) is 4.04. The Morgan fingerprint density at radius 3 is 2.17 bits per heavy atom. The summed E-state index contributed by atoms with van der Waals surface area (Å²) >= 11 is 0. The van der Waals surface area contributed by atoms with E-state index < -0.39 is 59.2 Å². The summed E-state index contributed by atoms with van der Waals surface area (Å²) in [7, 11) is 1.33. The Kier molecular flexibility index (Phi) is 8.08. The predicted octanol–water partition coefficient (Wildman–Crippen LogP) is 6.16. The Morgan fingerprint density at radius 1 is 1.02 bits per heavy atom. The van der Waals surface area contributed by atoms with Crippen molar-refractivity contribution in [3.05, 3.63) is 70.0 Å². The number of ether oxygens (including phenoxy) is 1. The Hall–Kier alpha value is -3.35. The Morgan fingerprint density at radius 2 is 1.65 bits per heavy atom. The number of aryl methyl sites for hydroxylation is 1. The molecule has 2 saturated heterocycles. The number of piperidine rings is 1. The first-order valence-corrected chi connectivity index (χ1v) is 12.6. The van der Waals surface area contributed by atoms with Gasteiger partial charge in [-0.25, -0.2) is 19.2 Å². The van der Waals surface area contributed by atoms with E-state index in [-0.39, 0.29) is 37.7 Å². The maximum Gasteiger partial charge on any atom is 0.424 e. The van der Waals surface area contributed by atoms with Gasteiger partial charge in [-0.3, -0.25) is 4.79 Å². The Balaban J connectivity index is 1.66. The molecule has 2 aromatic carbocycles. The highest BCUT2D eigenvalue weighted by Crippen LogP contribution is 2.40. The molecule has 0 saturated carbocycles. The minimum atomic E-state index is -5.02. The summed E-state index contributed by atoms with van der Waals surface area (Å²) in [4.78, 5) is 27.1. The standard InChI is InChI=1S/C27H28F7N3O3/c1-15-10-20(28)4-5-21(15)23-14-36(37-8-9-40-25(37)39)7-6-22(23)24(38)35(3)16(2)17-11-18(26(29,30)31)13-19(12-17)27(32,33)34/h4-5,10-13,16,22-23H,6-9,14H2,1-3H3/t16-,22-,23+/m0/s1. The van der Waals surface area contributed by atoms with Crippen LogP contribution in [0.4, 0.5) is 35.5 Å². The van der Waals surface area contributed by atoms with Crippen LogP contribution in [0.1, 0.15) is 53.1 Å². The molecule has 13 heteroatoms. The van der Waals surface area contributed by atoms with Crippen molar-refractivity contribution in [2.24, 2.45) is 5.92 Å². The zero-order valence-electron chi connectivity index (χ0n) is 21.9. The topological polar surface area (TPSA) is 53.1 Å². The second kappa shape index (κ2) is 10.9. The van der Waals surface area contributed by atoms with Crippen molar-refractivity contribution in [2.45, 2.75) is 44.6 Å². The molecule has 40 heavy (non-hydrogen) atoms. The molecule has 2 aromatic rings. The molecule has 3 atom stereocenters. The lowest BCUT2D eigenvalue weighted by Crippen LogP contribution is -2.52.